The maximum atomic E-state index is 14.2. The second-order valence-electron chi connectivity index (χ2n) is 6.98. The van der Waals surface area contributed by atoms with Crippen LogP contribution in [0, 0.1) is 5.82 Å². The monoisotopic (exact) mass is 360 g/mol. The molecule has 0 bridgehead atoms. The number of rotatable bonds is 6. The first kappa shape index (κ1) is 18.7. The molecule has 0 aliphatic carbocycles. The molecule has 1 aliphatic heterocycles. The van der Waals surface area contributed by atoms with E-state index in [9.17, 15) is 4.39 Å². The topological polar surface area (TPSA) is 50.5 Å². The molecule has 1 unspecified atom stereocenters. The maximum Gasteiger partial charge on any atom is 0.166 e. The van der Waals surface area contributed by atoms with Crippen LogP contribution in [0.15, 0.2) is 36.4 Å². The largest absolute Gasteiger partial charge is 0.493 e. The molecule has 3 atom stereocenters. The summed E-state index contributed by atoms with van der Waals surface area (Å²) in [7, 11) is 3.32. The molecule has 140 valence electrons. The first-order valence-corrected chi connectivity index (χ1v) is 9.24. The van der Waals surface area contributed by atoms with Crippen molar-refractivity contribution in [3.8, 4) is 11.5 Å². The van der Waals surface area contributed by atoms with Crippen LogP contribution in [0.4, 0.5) is 4.39 Å². The molecule has 2 aromatic rings. The third kappa shape index (κ3) is 3.55. The fourth-order valence-electron chi connectivity index (χ4n) is 4.02. The SMILES string of the molecule is CC[C@H]([NH3+])[C@@H]1c2cc(OC)c(OC)cc2CC[NH+]1Cc1ccccc1F. The Morgan fingerprint density at radius 1 is 1.19 bits per heavy atom. The van der Waals surface area contributed by atoms with Gasteiger partial charge in [-0.1, -0.05) is 25.1 Å². The summed E-state index contributed by atoms with van der Waals surface area (Å²) in [6, 6.07) is 11.7. The van der Waals surface area contributed by atoms with E-state index in [0.717, 1.165) is 36.4 Å². The summed E-state index contributed by atoms with van der Waals surface area (Å²) in [6.07, 6.45) is 1.91. The molecule has 0 amide bonds. The van der Waals surface area contributed by atoms with E-state index in [4.69, 9.17) is 9.47 Å². The summed E-state index contributed by atoms with van der Waals surface area (Å²) >= 11 is 0. The molecular weight excluding hydrogens is 331 g/mol. The molecule has 1 heterocycles. The van der Waals surface area contributed by atoms with Crippen molar-refractivity contribution in [1.29, 1.82) is 0 Å². The van der Waals surface area contributed by atoms with Crippen molar-refractivity contribution in [2.45, 2.75) is 38.4 Å². The van der Waals surface area contributed by atoms with Gasteiger partial charge in [0.15, 0.2) is 17.5 Å². The van der Waals surface area contributed by atoms with Crippen LogP contribution in [0.3, 0.4) is 0 Å². The quantitative estimate of drug-likeness (QED) is 0.821. The van der Waals surface area contributed by atoms with Gasteiger partial charge in [-0.25, -0.2) is 4.39 Å². The predicted octanol–water partition coefficient (Wildman–Crippen LogP) is 1.55. The van der Waals surface area contributed by atoms with Crippen LogP contribution < -0.4 is 20.1 Å². The van der Waals surface area contributed by atoms with E-state index in [1.54, 1.807) is 20.3 Å². The summed E-state index contributed by atoms with van der Waals surface area (Å²) in [4.78, 5) is 1.36. The molecule has 4 nitrogen and oxygen atoms in total. The number of benzene rings is 2. The molecule has 26 heavy (non-hydrogen) atoms. The Labute approximate surface area is 154 Å². The summed E-state index contributed by atoms with van der Waals surface area (Å²) in [5.74, 6) is 1.38. The molecule has 5 heteroatoms. The number of ether oxygens (including phenoxy) is 2. The van der Waals surface area contributed by atoms with E-state index < -0.39 is 0 Å². The molecule has 0 fully saturated rings. The lowest BCUT2D eigenvalue weighted by Crippen LogP contribution is -3.14. The Bertz CT molecular complexity index is 766. The highest BCUT2D eigenvalue weighted by Crippen LogP contribution is 2.35. The zero-order valence-electron chi connectivity index (χ0n) is 15.8. The van der Waals surface area contributed by atoms with Crippen molar-refractivity contribution < 1.29 is 24.5 Å². The zero-order chi connectivity index (χ0) is 18.7. The van der Waals surface area contributed by atoms with Gasteiger partial charge in [-0.2, -0.15) is 0 Å². The number of hydrogen-bond donors (Lipinski definition) is 2. The van der Waals surface area contributed by atoms with E-state index >= 15 is 0 Å². The lowest BCUT2D eigenvalue weighted by Gasteiger charge is -2.36. The Balaban J connectivity index is 2.00. The van der Waals surface area contributed by atoms with Crippen molar-refractivity contribution in [3.05, 3.63) is 58.9 Å². The molecule has 0 saturated carbocycles. The fraction of sp³-hybridized carbons (Fsp3) is 0.429. The molecule has 0 aromatic heterocycles. The van der Waals surface area contributed by atoms with Crippen LogP contribution in [0.5, 0.6) is 11.5 Å². The first-order chi connectivity index (χ1) is 12.6. The second-order valence-corrected chi connectivity index (χ2v) is 6.98. The molecule has 0 saturated heterocycles. The summed E-state index contributed by atoms with van der Waals surface area (Å²) in [6.45, 7) is 3.78. The zero-order valence-corrected chi connectivity index (χ0v) is 15.8. The predicted molar refractivity (Wildman–Crippen MR) is 98.9 cm³/mol. The van der Waals surface area contributed by atoms with Gasteiger partial charge in [-0.05, 0) is 23.8 Å². The highest BCUT2D eigenvalue weighted by molar-refractivity contribution is 5.49. The standard InChI is InChI=1S/C21H27FN2O2/c1-4-18(23)21-16-12-20(26-3)19(25-2)11-14(16)9-10-24(21)13-15-7-5-6-8-17(15)22/h5-8,11-12,18,21H,4,9-10,13,23H2,1-3H3/p+2/t18-,21-/m0/s1. The van der Waals surface area contributed by atoms with Gasteiger partial charge >= 0.3 is 0 Å². The highest BCUT2D eigenvalue weighted by atomic mass is 19.1. The Morgan fingerprint density at radius 2 is 1.88 bits per heavy atom. The average Bonchev–Trinajstić information content (AvgIpc) is 2.67. The van der Waals surface area contributed by atoms with E-state index in [-0.39, 0.29) is 17.9 Å². The van der Waals surface area contributed by atoms with Gasteiger partial charge < -0.3 is 20.1 Å². The molecule has 3 rings (SSSR count). The smallest absolute Gasteiger partial charge is 0.166 e. The summed E-state index contributed by atoms with van der Waals surface area (Å²) in [5, 5.41) is 0. The number of hydrogen-bond acceptors (Lipinski definition) is 2. The van der Waals surface area contributed by atoms with Gasteiger partial charge in [0.1, 0.15) is 18.4 Å². The van der Waals surface area contributed by atoms with Gasteiger partial charge in [0.25, 0.3) is 0 Å². The highest BCUT2D eigenvalue weighted by Gasteiger charge is 2.38. The van der Waals surface area contributed by atoms with E-state index in [1.807, 2.05) is 12.1 Å². The van der Waals surface area contributed by atoms with Gasteiger partial charge in [-0.3, -0.25) is 0 Å². The van der Waals surface area contributed by atoms with Crippen LogP contribution in [0.1, 0.15) is 36.1 Å². The number of quaternary nitrogens is 2. The Morgan fingerprint density at radius 3 is 2.54 bits per heavy atom. The summed E-state index contributed by atoms with van der Waals surface area (Å²) < 4.78 is 25.2. The normalized spacial score (nSPS) is 20.3. The number of nitrogens with one attached hydrogen (secondary N) is 1. The molecule has 0 spiro atoms. The molecule has 1 aliphatic rings. The Hall–Kier alpha value is -2.11. The molecular formula is C21H29FN2O2+2. The van der Waals surface area contributed by atoms with Crippen LogP contribution in [-0.2, 0) is 13.0 Å². The fourth-order valence-corrected chi connectivity index (χ4v) is 4.02. The van der Waals surface area contributed by atoms with Crippen LogP contribution >= 0.6 is 0 Å². The van der Waals surface area contributed by atoms with E-state index in [1.165, 1.54) is 22.1 Å². The lowest BCUT2D eigenvalue weighted by atomic mass is 9.86. The van der Waals surface area contributed by atoms with Gasteiger partial charge in [-0.15, -0.1) is 0 Å². The minimum Gasteiger partial charge on any atom is -0.493 e. The number of fused-ring (bicyclic) bond motifs is 1. The van der Waals surface area contributed by atoms with Crippen LogP contribution in [0.2, 0.25) is 0 Å². The maximum absolute atomic E-state index is 14.2. The van der Waals surface area contributed by atoms with E-state index in [2.05, 4.69) is 24.8 Å². The van der Waals surface area contributed by atoms with Gasteiger partial charge in [0.2, 0.25) is 0 Å². The number of methoxy groups -OCH3 is 2. The molecule has 4 N–H and O–H groups in total. The first-order valence-electron chi connectivity index (χ1n) is 9.24. The minimum absolute atomic E-state index is 0.131. The third-order valence-corrected chi connectivity index (χ3v) is 5.51. The van der Waals surface area contributed by atoms with Crippen molar-refractivity contribution >= 4 is 0 Å². The van der Waals surface area contributed by atoms with Crippen LogP contribution in [-0.4, -0.2) is 26.8 Å². The van der Waals surface area contributed by atoms with Crippen molar-refractivity contribution in [2.75, 3.05) is 20.8 Å². The van der Waals surface area contributed by atoms with E-state index in [0.29, 0.717) is 6.54 Å². The Kier molecular flexibility index (Phi) is 5.79. The average molecular weight is 360 g/mol. The molecule has 0 radical (unpaired) electrons. The lowest BCUT2D eigenvalue weighted by molar-refractivity contribution is -0.957. The van der Waals surface area contributed by atoms with Crippen molar-refractivity contribution in [2.24, 2.45) is 0 Å². The van der Waals surface area contributed by atoms with Crippen molar-refractivity contribution in [3.63, 3.8) is 0 Å². The number of halogens is 1. The minimum atomic E-state index is -0.131. The van der Waals surface area contributed by atoms with Crippen molar-refractivity contribution in [1.82, 2.24) is 0 Å². The third-order valence-electron chi connectivity index (χ3n) is 5.51. The molecule has 2 aromatic carbocycles. The van der Waals surface area contributed by atoms with Crippen LogP contribution in [0.25, 0.3) is 0 Å². The van der Waals surface area contributed by atoms with Gasteiger partial charge in [0.05, 0.1) is 20.8 Å². The summed E-state index contributed by atoms with van der Waals surface area (Å²) in [5.41, 5.74) is 7.70. The second kappa shape index (κ2) is 8.06. The van der Waals surface area contributed by atoms with Gasteiger partial charge in [0, 0.05) is 24.0 Å².